The molecule has 0 aromatic heterocycles. The van der Waals surface area contributed by atoms with Crippen molar-refractivity contribution in [3.05, 3.63) is 156 Å². The van der Waals surface area contributed by atoms with Crippen molar-refractivity contribution in [2.45, 2.75) is 219 Å². The lowest BCUT2D eigenvalue weighted by molar-refractivity contribution is -0.157. The highest BCUT2D eigenvalue weighted by Crippen LogP contribution is 2.36. The smallest absolute Gasteiger partial charge is 0.407 e. The van der Waals surface area contributed by atoms with Crippen molar-refractivity contribution in [2.24, 2.45) is 16.9 Å². The number of thioether (sulfide) groups is 3. The maximum atomic E-state index is 12.1. The Balaban J connectivity index is 0.000000614. The van der Waals surface area contributed by atoms with Crippen LogP contribution >= 0.6 is 73.2 Å². The number of nitrogens with one attached hydrogen (secondary N) is 6. The molecule has 140 heavy (non-hydrogen) atoms. The molecule has 790 valence electrons. The molecule has 0 saturated carbocycles. The minimum atomic E-state index is -0.860. The number of cyclic esters (lactones) is 3. The summed E-state index contributed by atoms with van der Waals surface area (Å²) < 4.78 is 81.0. The van der Waals surface area contributed by atoms with Gasteiger partial charge in [0.15, 0.2) is 0 Å². The van der Waals surface area contributed by atoms with Crippen LogP contribution in [0, 0.1) is 5.41 Å². The summed E-state index contributed by atoms with van der Waals surface area (Å²) >= 11 is 16.4. The maximum Gasteiger partial charge on any atom is 0.407 e. The minimum absolute atomic E-state index is 0.0145. The number of esters is 3. The van der Waals surface area contributed by atoms with Gasteiger partial charge >= 0.3 is 52.1 Å². The molecule has 38 heteroatoms. The molecule has 4 aromatic carbocycles. The summed E-state index contributed by atoms with van der Waals surface area (Å²) in [6.07, 6.45) is 13.4. The number of ether oxygens (including phenoxy) is 15. The van der Waals surface area contributed by atoms with Gasteiger partial charge in [0.2, 0.25) is 0 Å². The highest BCUT2D eigenvalue weighted by molar-refractivity contribution is 8.14. The Morgan fingerprint density at radius 1 is 0.400 bits per heavy atom. The zero-order chi connectivity index (χ0) is 104. The van der Waals surface area contributed by atoms with Crippen molar-refractivity contribution in [3.8, 4) is 23.0 Å². The number of carbonyl (C=O) groups is 9. The molecule has 0 aliphatic carbocycles. The van der Waals surface area contributed by atoms with Crippen LogP contribution in [0.4, 0.5) is 28.8 Å². The maximum absolute atomic E-state index is 12.1. The molecule has 6 unspecified atom stereocenters. The van der Waals surface area contributed by atoms with Crippen molar-refractivity contribution in [2.75, 3.05) is 181 Å². The van der Waals surface area contributed by atoms with E-state index in [4.69, 9.17) is 82.5 Å². The molecule has 3 amide bonds. The number of thiol groups is 3. The molecule has 3 fully saturated rings. The Morgan fingerprint density at radius 3 is 0.957 bits per heavy atom. The highest BCUT2D eigenvalue weighted by atomic mass is 32.2. The Labute approximate surface area is 861 Å². The Bertz CT molecular complexity index is 3990. The van der Waals surface area contributed by atoms with Crippen molar-refractivity contribution in [1.29, 1.82) is 0 Å². The summed E-state index contributed by atoms with van der Waals surface area (Å²) in [7, 11) is 5.78. The van der Waals surface area contributed by atoms with Crippen LogP contribution in [0.2, 0.25) is 0 Å². The number of hydrogen-bond donors (Lipinski definition) is 11. The summed E-state index contributed by atoms with van der Waals surface area (Å²) in [6.45, 7) is 39.5. The first-order chi connectivity index (χ1) is 67.1. The van der Waals surface area contributed by atoms with E-state index in [1.54, 1.807) is 0 Å². The lowest BCUT2D eigenvalue weighted by atomic mass is 9.78. The molecule has 3 aliphatic heterocycles. The van der Waals surface area contributed by atoms with Gasteiger partial charge in [-0.3, -0.25) is 0 Å². The average molecular weight is 2080 g/mol. The Hall–Kier alpha value is -8.25. The predicted molar refractivity (Wildman–Crippen MR) is 569 cm³/mol. The normalized spacial score (nSPS) is 14.7. The predicted octanol–water partition coefficient (Wildman–Crippen LogP) is 17.6. The zero-order valence-electron chi connectivity index (χ0n) is 84.8. The lowest BCUT2D eigenvalue weighted by Gasteiger charge is -2.31. The van der Waals surface area contributed by atoms with Crippen LogP contribution < -0.4 is 62.3 Å². The van der Waals surface area contributed by atoms with Crippen LogP contribution in [0.25, 0.3) is 0 Å². The minimum Gasteiger partial charge on any atom is -0.490 e. The largest absolute Gasteiger partial charge is 0.490 e. The van der Waals surface area contributed by atoms with E-state index in [2.05, 4.69) is 155 Å². The number of benzene rings is 4. The fourth-order valence-corrected chi connectivity index (χ4v) is 14.9. The molecule has 3 saturated heterocycles. The van der Waals surface area contributed by atoms with E-state index in [0.717, 1.165) is 169 Å². The van der Waals surface area contributed by atoms with Gasteiger partial charge in [-0.05, 0) is 251 Å². The van der Waals surface area contributed by atoms with Crippen LogP contribution in [-0.2, 0) is 77.3 Å². The Morgan fingerprint density at radius 2 is 0.679 bits per heavy atom. The average Bonchev–Trinajstić information content (AvgIpc) is 1.14. The molecule has 0 bridgehead atoms. The molecule has 32 nitrogen and oxygen atoms in total. The third-order valence-electron chi connectivity index (χ3n) is 21.4. The number of unbranched alkanes of at least 4 members (excludes halogenated alkanes) is 9. The molecular formula is C102H162N8O24S6. The second-order valence-corrected chi connectivity index (χ2v) is 38.4. The molecule has 0 spiro atoms. The molecule has 0 radical (unpaired) electrons. The van der Waals surface area contributed by atoms with Crippen LogP contribution in [0.5, 0.6) is 23.0 Å². The van der Waals surface area contributed by atoms with Crippen LogP contribution in [0.1, 0.15) is 194 Å². The van der Waals surface area contributed by atoms with Crippen LogP contribution in [0.15, 0.2) is 134 Å². The van der Waals surface area contributed by atoms with Gasteiger partial charge in [0, 0.05) is 94.9 Å². The number of rotatable bonds is 63. The van der Waals surface area contributed by atoms with Gasteiger partial charge in [-0.25, -0.2) is 43.2 Å². The fourth-order valence-electron chi connectivity index (χ4n) is 12.3. The summed E-state index contributed by atoms with van der Waals surface area (Å²) in [5, 5.41) is 17.0. The molecule has 4 aromatic rings. The Kier molecular flexibility index (Phi) is 70.6. The summed E-state index contributed by atoms with van der Waals surface area (Å²) in [6, 6.07) is 31.8. The van der Waals surface area contributed by atoms with Crippen LogP contribution in [-0.4, -0.2) is 269 Å². The van der Waals surface area contributed by atoms with Gasteiger partial charge in [0.1, 0.15) is 106 Å². The van der Waals surface area contributed by atoms with Crippen molar-refractivity contribution >= 4 is 125 Å². The van der Waals surface area contributed by atoms with E-state index in [9.17, 15) is 43.2 Å². The van der Waals surface area contributed by atoms with Crippen molar-refractivity contribution in [3.63, 3.8) is 0 Å². The van der Waals surface area contributed by atoms with Gasteiger partial charge in [-0.1, -0.05) is 149 Å². The lowest BCUT2D eigenvalue weighted by Crippen LogP contribution is -2.39. The SMILES string of the molecule is C=C(C)C(=O)OCC(CC)(COC(=O)C(=C)C)COC(=O)C(=C)C.CC(C)(c1ccc(OCC2CSC(=O)O2)cc1)c1ccc(OCC2CSC(=O)O2)cc1.CCCCOCC(CS)OC(=O)NCCCCCNC.CCCCOCC1CSC(=O)O1.CNCCCCCNC(=O)OC(CS)COc1ccc(C(C)(C)c2ccc(OCC(CS)OC(=O)NCCCCNC)cc2)cc1.NCCCCCN. The fraction of sp³-hybridized carbons (Fsp3) is 0.618. The van der Waals surface area contributed by atoms with Gasteiger partial charge in [-0.2, -0.15) is 37.9 Å². The zero-order valence-corrected chi connectivity index (χ0v) is 90.0. The highest BCUT2D eigenvalue weighted by Gasteiger charge is 2.36. The van der Waals surface area contributed by atoms with E-state index in [1.165, 1.54) is 62.5 Å². The summed E-state index contributed by atoms with van der Waals surface area (Å²) in [4.78, 5) is 104. The first-order valence-electron chi connectivity index (χ1n) is 48.2. The van der Waals surface area contributed by atoms with Crippen molar-refractivity contribution < 1.29 is 114 Å². The number of amides is 3. The molecule has 3 heterocycles. The summed E-state index contributed by atoms with van der Waals surface area (Å²) in [5.74, 6) is 4.38. The van der Waals surface area contributed by atoms with Crippen LogP contribution in [0.3, 0.4) is 0 Å². The van der Waals surface area contributed by atoms with Crippen molar-refractivity contribution in [1.82, 2.24) is 31.9 Å². The molecule has 7 rings (SSSR count). The third kappa shape index (κ3) is 57.9. The molecule has 3 aliphatic rings. The standard InChI is InChI=1S/C34H54N4O6S2.C23H24O6S2.C18H26O6.C14H30N2O3S.C8H14O3S.C5H14N2/c1-34(2,27-12-16-29(17-13-27)42-23-31(25-46)44-33(40)38-21-9-8-19-36-4)26-10-14-28(15-11-26)41-22-30(24-45)43-32(39)37-20-7-5-6-18-35-3;1-23(2,15-3-7-17(8-4-15)26-11-19-13-30-21(24)28-19)16-5-9-18(10-6-16)27-12-20-14-31-22(25)29-20;1-8-18(9-22-15(19)12(2)3,10-23-16(20)13(4)5)11-24-17(21)14(6)7;1-3-4-10-18-11-13(12-20)19-14(17)16-9-7-5-6-8-15-2;1-2-3-4-10-5-7-6-12-8(9)11-7;6-4-2-1-3-5-7/h10-17,30-31,35-36,45-46H,5-9,18-25H2,1-4H3,(H,37,39)(H,38,40);3-10,19-20H,11-14H2,1-2H3;2,4,6,8-11H2,1,3,5,7H3;13,15,20H,3-12H2,1-2H3,(H,16,17);7H,2-6H2,1H3;1-7H2. The molecular weight excluding hydrogens is 1910 g/mol. The molecule has 10 N–H and O–H groups in total. The number of nitrogens with two attached hydrogens (primary N) is 2. The van der Waals surface area contributed by atoms with Gasteiger partial charge in [-0.15, -0.1) is 0 Å². The molecule has 6 atom stereocenters. The monoisotopic (exact) mass is 2080 g/mol. The second kappa shape index (κ2) is 77.3. The summed E-state index contributed by atoms with van der Waals surface area (Å²) in [5.41, 5.74) is 14.4. The number of alkyl carbamates (subject to hydrolysis) is 3. The third-order valence-corrected chi connectivity index (χ3v) is 25.3. The van der Waals surface area contributed by atoms with Gasteiger partial charge in [0.05, 0.1) is 18.6 Å². The first-order valence-corrected chi connectivity index (χ1v) is 53.1. The number of hydrogen-bond acceptors (Lipinski definition) is 35. The van der Waals surface area contributed by atoms with E-state index in [1.807, 2.05) is 101 Å². The van der Waals surface area contributed by atoms with E-state index < -0.39 is 47.7 Å². The van der Waals surface area contributed by atoms with E-state index >= 15 is 0 Å². The van der Waals surface area contributed by atoms with E-state index in [0.29, 0.717) is 99.4 Å². The topological polar surface area (TPSA) is 416 Å². The second-order valence-electron chi connectivity index (χ2n) is 34.5. The van der Waals surface area contributed by atoms with Gasteiger partial charge < -0.3 is 114 Å². The quantitative estimate of drug-likeness (QED) is 0.00643. The first kappa shape index (κ1) is 128. The van der Waals surface area contributed by atoms with E-state index in [-0.39, 0.29) is 107 Å². The van der Waals surface area contributed by atoms with Gasteiger partial charge in [0.25, 0.3) is 0 Å². The number of carbonyl (C=O) groups excluding carboxylic acids is 9.